The molecule has 30 heavy (non-hydrogen) atoms. The fourth-order valence-electron chi connectivity index (χ4n) is 2.83. The molecule has 0 spiro atoms. The molecule has 2 aromatic carbocycles. The molecule has 2 heterocycles. The van der Waals surface area contributed by atoms with E-state index in [-0.39, 0.29) is 17.3 Å². The van der Waals surface area contributed by atoms with Gasteiger partial charge in [-0.2, -0.15) is 9.78 Å². The zero-order valence-electron chi connectivity index (χ0n) is 16.1. The van der Waals surface area contributed by atoms with Crippen LogP contribution in [0.2, 0.25) is 0 Å². The van der Waals surface area contributed by atoms with Crippen LogP contribution in [0, 0.1) is 0 Å². The number of amides is 1. The summed E-state index contributed by atoms with van der Waals surface area (Å²) >= 11 is 0. The summed E-state index contributed by atoms with van der Waals surface area (Å²) in [5, 5.41) is 19.3. The summed E-state index contributed by atoms with van der Waals surface area (Å²) in [5.74, 6) is -0.367. The highest BCUT2D eigenvalue weighted by Gasteiger charge is 2.24. The first-order valence-electron chi connectivity index (χ1n) is 9.19. The van der Waals surface area contributed by atoms with Crippen LogP contribution in [-0.4, -0.2) is 37.4 Å². The van der Waals surface area contributed by atoms with Gasteiger partial charge in [0.2, 0.25) is 11.6 Å². The Morgan fingerprint density at radius 1 is 1.17 bits per heavy atom. The van der Waals surface area contributed by atoms with Crippen LogP contribution in [0.5, 0.6) is 0 Å². The molecular formula is C20H18N8O2. The molecule has 0 saturated heterocycles. The minimum absolute atomic E-state index is 0.0255. The quantitative estimate of drug-likeness (QED) is 0.372. The van der Waals surface area contributed by atoms with Gasteiger partial charge in [0.25, 0.3) is 5.91 Å². The molecule has 0 radical (unpaired) electrons. The van der Waals surface area contributed by atoms with Crippen molar-refractivity contribution in [2.75, 3.05) is 5.73 Å². The topological polar surface area (TPSA) is 137 Å². The van der Waals surface area contributed by atoms with Gasteiger partial charge in [0.15, 0.2) is 5.69 Å². The number of hydrogen-bond donors (Lipinski definition) is 2. The van der Waals surface area contributed by atoms with Gasteiger partial charge >= 0.3 is 0 Å². The molecule has 10 nitrogen and oxygen atoms in total. The summed E-state index contributed by atoms with van der Waals surface area (Å²) in [7, 11) is 0. The molecule has 2 aromatic heterocycles. The number of nitrogens with zero attached hydrogens (tertiary/aromatic N) is 6. The number of carbonyl (C=O) groups excluding carboxylic acids is 1. The second-order valence-corrected chi connectivity index (χ2v) is 6.33. The number of rotatable bonds is 6. The zero-order chi connectivity index (χ0) is 20.9. The predicted molar refractivity (Wildman–Crippen MR) is 110 cm³/mol. The first kappa shape index (κ1) is 19.0. The van der Waals surface area contributed by atoms with Crippen LogP contribution in [-0.2, 0) is 6.42 Å². The summed E-state index contributed by atoms with van der Waals surface area (Å²) in [6, 6.07) is 17.0. The predicted octanol–water partition coefficient (Wildman–Crippen LogP) is 2.23. The molecule has 4 aromatic rings. The highest BCUT2D eigenvalue weighted by atomic mass is 16.6. The number of hydrogen-bond acceptors (Lipinski definition) is 8. The van der Waals surface area contributed by atoms with Gasteiger partial charge in [0, 0.05) is 5.56 Å². The van der Waals surface area contributed by atoms with E-state index in [1.807, 2.05) is 54.6 Å². The van der Waals surface area contributed by atoms with Gasteiger partial charge in [0.1, 0.15) is 5.69 Å². The van der Waals surface area contributed by atoms with Crippen LogP contribution in [0.4, 0.5) is 5.82 Å². The Bertz CT molecular complexity index is 1180. The Kier molecular flexibility index (Phi) is 5.29. The van der Waals surface area contributed by atoms with Gasteiger partial charge in [-0.1, -0.05) is 66.7 Å². The monoisotopic (exact) mass is 402 g/mol. The average Bonchev–Trinajstić information content (AvgIpc) is 3.40. The maximum atomic E-state index is 12.8. The third-order valence-electron chi connectivity index (χ3n) is 4.40. The van der Waals surface area contributed by atoms with Crippen LogP contribution >= 0.6 is 0 Å². The number of nitrogens with one attached hydrogen (secondary N) is 1. The molecule has 0 saturated carbocycles. The molecule has 0 bridgehead atoms. The highest BCUT2D eigenvalue weighted by molar-refractivity contribution is 5.98. The second-order valence-electron chi connectivity index (χ2n) is 6.33. The van der Waals surface area contributed by atoms with Crippen LogP contribution in [0.25, 0.3) is 17.1 Å². The van der Waals surface area contributed by atoms with Gasteiger partial charge in [-0.05, 0) is 27.9 Å². The smallest absolute Gasteiger partial charge is 0.294 e. The molecule has 0 aliphatic heterocycles. The van der Waals surface area contributed by atoms with Crippen molar-refractivity contribution in [1.29, 1.82) is 0 Å². The van der Waals surface area contributed by atoms with E-state index in [1.165, 1.54) is 10.2 Å². The van der Waals surface area contributed by atoms with Gasteiger partial charge in [0.05, 0.1) is 6.21 Å². The minimum atomic E-state index is -0.531. The molecule has 10 heteroatoms. The SMILES string of the molecule is CCc1ccc(/C=N/NC(=O)c2nnn(-c3nonc3N)c2-c2ccccc2)cc1. The molecule has 3 N–H and O–H groups in total. The summed E-state index contributed by atoms with van der Waals surface area (Å²) < 4.78 is 5.96. The highest BCUT2D eigenvalue weighted by Crippen LogP contribution is 2.26. The lowest BCUT2D eigenvalue weighted by molar-refractivity contribution is 0.0950. The number of anilines is 1. The molecule has 4 rings (SSSR count). The summed E-state index contributed by atoms with van der Waals surface area (Å²) in [6.45, 7) is 2.09. The van der Waals surface area contributed by atoms with E-state index in [0.717, 1.165) is 12.0 Å². The molecule has 1 amide bonds. The largest absolute Gasteiger partial charge is 0.378 e. The summed E-state index contributed by atoms with van der Waals surface area (Å²) in [6.07, 6.45) is 2.52. The number of benzene rings is 2. The van der Waals surface area contributed by atoms with E-state index >= 15 is 0 Å². The Labute approximate surface area is 171 Å². The lowest BCUT2D eigenvalue weighted by Crippen LogP contribution is -2.19. The molecule has 150 valence electrons. The van der Waals surface area contributed by atoms with Crippen LogP contribution in [0.3, 0.4) is 0 Å². The average molecular weight is 402 g/mol. The Hall–Kier alpha value is -4.34. The first-order valence-corrected chi connectivity index (χ1v) is 9.19. The number of aryl methyl sites for hydroxylation is 1. The van der Waals surface area contributed by atoms with Crippen molar-refractivity contribution in [2.45, 2.75) is 13.3 Å². The lowest BCUT2D eigenvalue weighted by atomic mass is 10.1. The lowest BCUT2D eigenvalue weighted by Gasteiger charge is -2.05. The number of carbonyl (C=O) groups is 1. The van der Waals surface area contributed by atoms with Crippen molar-refractivity contribution in [3.63, 3.8) is 0 Å². The molecule has 0 aliphatic rings. The zero-order valence-corrected chi connectivity index (χ0v) is 16.1. The van der Waals surface area contributed by atoms with Crippen molar-refractivity contribution in [3.05, 3.63) is 71.4 Å². The van der Waals surface area contributed by atoms with Gasteiger partial charge in [-0.25, -0.2) is 10.1 Å². The van der Waals surface area contributed by atoms with Crippen LogP contribution in [0.15, 0.2) is 64.3 Å². The maximum absolute atomic E-state index is 12.8. The third kappa shape index (κ3) is 3.78. The van der Waals surface area contributed by atoms with E-state index in [0.29, 0.717) is 11.3 Å². The molecule has 0 fully saturated rings. The van der Waals surface area contributed by atoms with Crippen molar-refractivity contribution < 1.29 is 9.42 Å². The van der Waals surface area contributed by atoms with E-state index in [4.69, 9.17) is 5.73 Å². The van der Waals surface area contributed by atoms with Gasteiger partial charge in [-0.15, -0.1) is 5.10 Å². The Balaban J connectivity index is 1.63. The molecule has 0 atom stereocenters. The molecule has 0 aliphatic carbocycles. The fourth-order valence-corrected chi connectivity index (χ4v) is 2.83. The number of hydrazone groups is 1. The van der Waals surface area contributed by atoms with Gasteiger partial charge < -0.3 is 5.73 Å². The van der Waals surface area contributed by atoms with Crippen molar-refractivity contribution >= 4 is 17.9 Å². The summed E-state index contributed by atoms with van der Waals surface area (Å²) in [4.78, 5) is 12.8. The maximum Gasteiger partial charge on any atom is 0.294 e. The van der Waals surface area contributed by atoms with E-state index in [9.17, 15) is 4.79 Å². The normalized spacial score (nSPS) is 11.1. The standard InChI is InChI=1S/C20H18N8O2/c1-2-13-8-10-14(11-9-13)12-22-24-20(29)16-17(15-6-4-3-5-7-15)28(27-23-16)19-18(21)25-30-26-19/h3-12H,2H2,1H3,(H2,21,25)(H,24,29)/b22-12+. The number of nitrogen functional groups attached to an aromatic ring is 1. The van der Waals surface area contributed by atoms with E-state index in [1.54, 1.807) is 6.21 Å². The van der Waals surface area contributed by atoms with Crippen LogP contribution < -0.4 is 11.2 Å². The second kappa shape index (κ2) is 8.35. The number of aromatic nitrogens is 5. The molecule has 0 unspecified atom stereocenters. The fraction of sp³-hybridized carbons (Fsp3) is 0.100. The van der Waals surface area contributed by atoms with Gasteiger partial charge in [-0.3, -0.25) is 4.79 Å². The summed E-state index contributed by atoms with van der Waals surface area (Å²) in [5.41, 5.74) is 11.5. The van der Waals surface area contributed by atoms with E-state index in [2.05, 4.69) is 42.7 Å². The Morgan fingerprint density at radius 3 is 2.60 bits per heavy atom. The van der Waals surface area contributed by atoms with Crippen molar-refractivity contribution in [1.82, 2.24) is 30.7 Å². The van der Waals surface area contributed by atoms with Crippen molar-refractivity contribution in [3.8, 4) is 17.1 Å². The first-order chi connectivity index (χ1) is 14.7. The Morgan fingerprint density at radius 2 is 1.93 bits per heavy atom. The van der Waals surface area contributed by atoms with Crippen molar-refractivity contribution in [2.24, 2.45) is 5.10 Å². The van der Waals surface area contributed by atoms with Crippen LogP contribution in [0.1, 0.15) is 28.5 Å². The third-order valence-corrected chi connectivity index (χ3v) is 4.40. The molecular weight excluding hydrogens is 384 g/mol. The van der Waals surface area contributed by atoms with E-state index < -0.39 is 5.91 Å². The minimum Gasteiger partial charge on any atom is -0.378 e. The number of nitrogens with two attached hydrogens (primary N) is 1.